The summed E-state index contributed by atoms with van der Waals surface area (Å²) in [5.74, 6) is 0.0888. The minimum Gasteiger partial charge on any atom is -0.292 e. The lowest BCUT2D eigenvalue weighted by Crippen LogP contribution is -2.03. The van der Waals surface area contributed by atoms with Crippen LogP contribution in [0.2, 0.25) is 0 Å². The third-order valence-electron chi connectivity index (χ3n) is 3.12. The van der Waals surface area contributed by atoms with E-state index in [1.807, 2.05) is 41.9 Å². The van der Waals surface area contributed by atoms with E-state index in [1.165, 1.54) is 5.56 Å². The normalized spacial score (nSPS) is 10.6. The van der Waals surface area contributed by atoms with Gasteiger partial charge in [-0.15, -0.1) is 0 Å². The second-order valence-electron chi connectivity index (χ2n) is 4.54. The second-order valence-corrected chi connectivity index (χ2v) is 5.32. The maximum absolute atomic E-state index is 12.1. The predicted molar refractivity (Wildman–Crippen MR) is 80.5 cm³/mol. The molecule has 0 radical (unpaired) electrons. The summed E-state index contributed by atoms with van der Waals surface area (Å²) in [5, 5.41) is 8.46. The van der Waals surface area contributed by atoms with Gasteiger partial charge in [0.25, 0.3) is 0 Å². The SMILES string of the molecule is O=C(CCc1ccsc1)c1ccn(-c2ccccc2)n1. The number of thiophene rings is 1. The van der Waals surface area contributed by atoms with Gasteiger partial charge in [-0.25, -0.2) is 4.68 Å². The maximum Gasteiger partial charge on any atom is 0.183 e. The number of ketones is 1. The Kier molecular flexibility index (Phi) is 3.74. The van der Waals surface area contributed by atoms with Crippen molar-refractivity contribution in [3.05, 3.63) is 70.7 Å². The van der Waals surface area contributed by atoms with E-state index < -0.39 is 0 Å². The van der Waals surface area contributed by atoms with Gasteiger partial charge in [0, 0.05) is 12.6 Å². The molecule has 20 heavy (non-hydrogen) atoms. The lowest BCUT2D eigenvalue weighted by Gasteiger charge is -2.00. The molecule has 100 valence electrons. The van der Waals surface area contributed by atoms with Crippen LogP contribution in [0.3, 0.4) is 0 Å². The smallest absolute Gasteiger partial charge is 0.183 e. The number of para-hydroxylation sites is 1. The van der Waals surface area contributed by atoms with E-state index in [1.54, 1.807) is 22.1 Å². The molecule has 0 bridgehead atoms. The van der Waals surface area contributed by atoms with E-state index in [-0.39, 0.29) is 5.78 Å². The molecule has 1 aromatic carbocycles. The van der Waals surface area contributed by atoms with Gasteiger partial charge in [0.05, 0.1) is 5.69 Å². The van der Waals surface area contributed by atoms with Crippen molar-refractivity contribution in [1.29, 1.82) is 0 Å². The molecule has 0 aliphatic heterocycles. The van der Waals surface area contributed by atoms with Crippen LogP contribution in [0.5, 0.6) is 0 Å². The Morgan fingerprint density at radius 2 is 2.00 bits per heavy atom. The molecular weight excluding hydrogens is 268 g/mol. The Labute approximate surface area is 121 Å². The van der Waals surface area contributed by atoms with Crippen LogP contribution < -0.4 is 0 Å². The van der Waals surface area contributed by atoms with Crippen LogP contribution in [-0.2, 0) is 6.42 Å². The van der Waals surface area contributed by atoms with Crippen molar-refractivity contribution < 1.29 is 4.79 Å². The summed E-state index contributed by atoms with van der Waals surface area (Å²) in [6.45, 7) is 0. The van der Waals surface area contributed by atoms with E-state index in [0.717, 1.165) is 12.1 Å². The summed E-state index contributed by atoms with van der Waals surface area (Å²) in [4.78, 5) is 12.1. The highest BCUT2D eigenvalue weighted by Gasteiger charge is 2.10. The topological polar surface area (TPSA) is 34.9 Å². The van der Waals surface area contributed by atoms with Crippen molar-refractivity contribution in [3.8, 4) is 5.69 Å². The molecular formula is C16H14N2OS. The lowest BCUT2D eigenvalue weighted by atomic mass is 10.1. The van der Waals surface area contributed by atoms with Gasteiger partial charge >= 0.3 is 0 Å². The van der Waals surface area contributed by atoms with E-state index in [9.17, 15) is 4.79 Å². The predicted octanol–water partition coefficient (Wildman–Crippen LogP) is 3.75. The molecule has 0 aliphatic rings. The molecule has 0 fully saturated rings. The van der Waals surface area contributed by atoms with Crippen LogP contribution >= 0.6 is 11.3 Å². The first-order chi connectivity index (χ1) is 9.83. The fraction of sp³-hybridized carbons (Fsp3) is 0.125. The number of rotatable bonds is 5. The van der Waals surface area contributed by atoms with Gasteiger partial charge in [0.1, 0.15) is 5.69 Å². The van der Waals surface area contributed by atoms with Crippen LogP contribution in [-0.4, -0.2) is 15.6 Å². The first-order valence-electron chi connectivity index (χ1n) is 6.48. The molecule has 2 heterocycles. The summed E-state index contributed by atoms with van der Waals surface area (Å²) < 4.78 is 1.73. The summed E-state index contributed by atoms with van der Waals surface area (Å²) >= 11 is 1.66. The quantitative estimate of drug-likeness (QED) is 0.668. The first-order valence-corrected chi connectivity index (χ1v) is 7.42. The monoisotopic (exact) mass is 282 g/mol. The Hall–Kier alpha value is -2.20. The van der Waals surface area contributed by atoms with Crippen LogP contribution in [0.25, 0.3) is 5.69 Å². The van der Waals surface area contributed by atoms with Crippen LogP contribution in [0.1, 0.15) is 22.5 Å². The average Bonchev–Trinajstić information content (AvgIpc) is 3.17. The van der Waals surface area contributed by atoms with Crippen molar-refractivity contribution in [2.24, 2.45) is 0 Å². The zero-order valence-corrected chi connectivity index (χ0v) is 11.7. The molecule has 0 saturated carbocycles. The molecule has 4 heteroatoms. The number of nitrogens with zero attached hydrogens (tertiary/aromatic N) is 2. The fourth-order valence-electron chi connectivity index (χ4n) is 2.02. The van der Waals surface area contributed by atoms with E-state index in [4.69, 9.17) is 0 Å². The van der Waals surface area contributed by atoms with E-state index in [0.29, 0.717) is 12.1 Å². The molecule has 0 saturated heterocycles. The molecule has 0 spiro atoms. The molecule has 0 atom stereocenters. The average molecular weight is 282 g/mol. The molecule has 3 rings (SSSR count). The van der Waals surface area contributed by atoms with Crippen molar-refractivity contribution >= 4 is 17.1 Å². The Morgan fingerprint density at radius 3 is 2.75 bits per heavy atom. The number of benzene rings is 1. The van der Waals surface area contributed by atoms with Gasteiger partial charge in [-0.3, -0.25) is 4.79 Å². The highest BCUT2D eigenvalue weighted by atomic mass is 32.1. The minimum absolute atomic E-state index is 0.0888. The number of carbonyl (C=O) groups excluding carboxylic acids is 1. The van der Waals surface area contributed by atoms with E-state index in [2.05, 4.69) is 16.5 Å². The summed E-state index contributed by atoms with van der Waals surface area (Å²) in [7, 11) is 0. The van der Waals surface area contributed by atoms with Gasteiger partial charge in [0.2, 0.25) is 0 Å². The third kappa shape index (κ3) is 2.86. The Bertz CT molecular complexity index is 686. The Balaban J connectivity index is 1.69. The summed E-state index contributed by atoms with van der Waals surface area (Å²) in [5.41, 5.74) is 2.71. The zero-order valence-electron chi connectivity index (χ0n) is 10.9. The number of aromatic nitrogens is 2. The van der Waals surface area contributed by atoms with Crippen molar-refractivity contribution in [1.82, 2.24) is 9.78 Å². The number of carbonyl (C=O) groups is 1. The highest BCUT2D eigenvalue weighted by Crippen LogP contribution is 2.12. The van der Waals surface area contributed by atoms with Gasteiger partial charge in [-0.2, -0.15) is 16.4 Å². The molecule has 0 unspecified atom stereocenters. The lowest BCUT2D eigenvalue weighted by molar-refractivity contribution is 0.0977. The number of hydrogen-bond donors (Lipinski definition) is 0. The molecule has 3 nitrogen and oxygen atoms in total. The Morgan fingerprint density at radius 1 is 1.15 bits per heavy atom. The number of aryl methyl sites for hydroxylation is 1. The van der Waals surface area contributed by atoms with Crippen LogP contribution in [0.4, 0.5) is 0 Å². The summed E-state index contributed by atoms with van der Waals surface area (Å²) in [6.07, 6.45) is 3.11. The van der Waals surface area contributed by atoms with Crippen LogP contribution in [0, 0.1) is 0 Å². The van der Waals surface area contributed by atoms with Gasteiger partial charge in [-0.1, -0.05) is 18.2 Å². The van der Waals surface area contributed by atoms with E-state index >= 15 is 0 Å². The maximum atomic E-state index is 12.1. The molecule has 0 N–H and O–H groups in total. The number of Topliss-reactive ketones (excluding diaryl/α,β-unsaturated/α-hetero) is 1. The summed E-state index contributed by atoms with van der Waals surface area (Å²) in [6, 6.07) is 13.6. The minimum atomic E-state index is 0.0888. The standard InChI is InChI=1S/C16H14N2OS/c19-16(7-6-13-9-11-20-12-13)15-8-10-18(17-15)14-4-2-1-3-5-14/h1-5,8-12H,6-7H2. The first kappa shape index (κ1) is 12.8. The van der Waals surface area contributed by atoms with Gasteiger partial charge < -0.3 is 0 Å². The second kappa shape index (κ2) is 5.84. The molecule has 0 amide bonds. The third-order valence-corrected chi connectivity index (χ3v) is 3.85. The largest absolute Gasteiger partial charge is 0.292 e. The van der Waals surface area contributed by atoms with Crippen LogP contribution in [0.15, 0.2) is 59.4 Å². The molecule has 0 aliphatic carbocycles. The molecule has 3 aromatic rings. The molecule has 2 aromatic heterocycles. The van der Waals surface area contributed by atoms with Gasteiger partial charge in [0.15, 0.2) is 5.78 Å². The van der Waals surface area contributed by atoms with Crippen molar-refractivity contribution in [2.45, 2.75) is 12.8 Å². The fourth-order valence-corrected chi connectivity index (χ4v) is 2.72. The van der Waals surface area contributed by atoms with Crippen molar-refractivity contribution in [2.75, 3.05) is 0 Å². The highest BCUT2D eigenvalue weighted by molar-refractivity contribution is 7.07. The van der Waals surface area contributed by atoms with Crippen molar-refractivity contribution in [3.63, 3.8) is 0 Å². The zero-order chi connectivity index (χ0) is 13.8. The van der Waals surface area contributed by atoms with Gasteiger partial charge in [-0.05, 0) is 47.0 Å². The number of hydrogen-bond acceptors (Lipinski definition) is 3.